The second kappa shape index (κ2) is 11.5. The van der Waals surface area contributed by atoms with Crippen LogP contribution in [0.3, 0.4) is 0 Å². The van der Waals surface area contributed by atoms with Crippen molar-refractivity contribution in [3.8, 4) is 11.5 Å². The molecule has 2 amide bonds. The monoisotopic (exact) mass is 440 g/mol. The Hall–Kier alpha value is -3.81. The third kappa shape index (κ3) is 6.87. The average Bonchev–Trinajstić information content (AvgIpc) is 2.78. The van der Waals surface area contributed by atoms with E-state index in [1.54, 1.807) is 25.3 Å². The van der Waals surface area contributed by atoms with E-state index in [-0.39, 0.29) is 12.5 Å². The van der Waals surface area contributed by atoms with E-state index in [1.165, 1.54) is 31.2 Å². The molecule has 2 rings (SSSR count). The summed E-state index contributed by atoms with van der Waals surface area (Å²) in [6, 6.07) is 10.8. The second-order valence-corrected chi connectivity index (χ2v) is 7.11. The summed E-state index contributed by atoms with van der Waals surface area (Å²) in [5.41, 5.74) is 3.24. The van der Waals surface area contributed by atoms with E-state index in [9.17, 15) is 14.4 Å². The number of methoxy groups -OCH3 is 2. The first-order chi connectivity index (χ1) is 15.2. The molecule has 1 N–H and O–H groups in total. The summed E-state index contributed by atoms with van der Waals surface area (Å²) in [4.78, 5) is 37.7. The van der Waals surface area contributed by atoms with Gasteiger partial charge in [0.25, 0.3) is 5.91 Å². The highest BCUT2D eigenvalue weighted by Gasteiger charge is 2.16. The number of hydrogen-bond donors (Lipinski definition) is 1. The van der Waals surface area contributed by atoms with Crippen LogP contribution in [0.25, 0.3) is 6.08 Å². The van der Waals surface area contributed by atoms with Crippen molar-refractivity contribution in [2.45, 2.75) is 13.8 Å². The lowest BCUT2D eigenvalue weighted by Crippen LogP contribution is -2.37. The van der Waals surface area contributed by atoms with E-state index < -0.39 is 18.5 Å². The molecule has 0 spiro atoms. The Labute approximate surface area is 187 Å². The molecule has 0 aromatic heterocycles. The summed E-state index contributed by atoms with van der Waals surface area (Å²) in [6.45, 7) is 3.15. The number of para-hydroxylation sites is 1. The number of esters is 1. The largest absolute Gasteiger partial charge is 0.497 e. The minimum Gasteiger partial charge on any atom is -0.497 e. The molecule has 2 aromatic rings. The Kier molecular flexibility index (Phi) is 8.83. The van der Waals surface area contributed by atoms with Gasteiger partial charge in [-0.05, 0) is 43.2 Å². The zero-order valence-corrected chi connectivity index (χ0v) is 18.9. The molecule has 8 nitrogen and oxygen atoms in total. The summed E-state index contributed by atoms with van der Waals surface area (Å²) in [6.07, 6.45) is 2.72. The summed E-state index contributed by atoms with van der Waals surface area (Å²) < 4.78 is 15.4. The van der Waals surface area contributed by atoms with Crippen molar-refractivity contribution < 1.29 is 28.6 Å². The van der Waals surface area contributed by atoms with Gasteiger partial charge in [-0.3, -0.25) is 9.59 Å². The maximum atomic E-state index is 12.3. The average molecular weight is 440 g/mol. The summed E-state index contributed by atoms with van der Waals surface area (Å²) in [5, 5.41) is 2.81. The van der Waals surface area contributed by atoms with Gasteiger partial charge >= 0.3 is 5.97 Å². The van der Waals surface area contributed by atoms with Crippen molar-refractivity contribution in [2.24, 2.45) is 0 Å². The molecule has 32 heavy (non-hydrogen) atoms. The van der Waals surface area contributed by atoms with Gasteiger partial charge in [0.2, 0.25) is 5.91 Å². The predicted octanol–water partition coefficient (Wildman–Crippen LogP) is 2.97. The van der Waals surface area contributed by atoms with Crippen molar-refractivity contribution in [2.75, 3.05) is 39.7 Å². The van der Waals surface area contributed by atoms with Gasteiger partial charge in [0.1, 0.15) is 11.5 Å². The maximum Gasteiger partial charge on any atom is 0.331 e. The second-order valence-electron chi connectivity index (χ2n) is 7.11. The fourth-order valence-electron chi connectivity index (χ4n) is 2.90. The van der Waals surface area contributed by atoms with E-state index in [4.69, 9.17) is 14.2 Å². The highest BCUT2D eigenvalue weighted by atomic mass is 16.5. The van der Waals surface area contributed by atoms with E-state index in [2.05, 4.69) is 5.32 Å². The van der Waals surface area contributed by atoms with E-state index in [0.717, 1.165) is 16.8 Å². The van der Waals surface area contributed by atoms with Crippen molar-refractivity contribution in [3.63, 3.8) is 0 Å². The molecule has 0 bridgehead atoms. The van der Waals surface area contributed by atoms with Crippen molar-refractivity contribution in [1.29, 1.82) is 0 Å². The Balaban J connectivity index is 1.85. The predicted molar refractivity (Wildman–Crippen MR) is 122 cm³/mol. The zero-order chi connectivity index (χ0) is 23.7. The lowest BCUT2D eigenvalue weighted by atomic mass is 10.1. The van der Waals surface area contributed by atoms with Crippen LogP contribution in [0.15, 0.2) is 42.5 Å². The molecule has 0 aliphatic heterocycles. The number of nitrogens with one attached hydrogen (secondary N) is 1. The molecular weight excluding hydrogens is 412 g/mol. The van der Waals surface area contributed by atoms with Gasteiger partial charge in [-0.25, -0.2) is 4.79 Å². The van der Waals surface area contributed by atoms with Crippen LogP contribution in [0.2, 0.25) is 0 Å². The first kappa shape index (κ1) is 24.5. The van der Waals surface area contributed by atoms with Crippen LogP contribution in [0.4, 0.5) is 5.69 Å². The van der Waals surface area contributed by atoms with E-state index >= 15 is 0 Å². The number of rotatable bonds is 9. The van der Waals surface area contributed by atoms with Gasteiger partial charge in [-0.1, -0.05) is 18.2 Å². The molecule has 0 atom stereocenters. The molecule has 0 saturated heterocycles. The standard InChI is InChI=1S/C24H28N2O6/c1-16-7-6-8-17(2)24(16)25-21(27)14-26(3)22(28)15-32-23(29)12-10-18-9-11-19(30-4)13-20(18)31-5/h6-13H,14-15H2,1-5H3,(H,25,27)/b12-10+. The minimum absolute atomic E-state index is 0.164. The quantitative estimate of drug-likeness (QED) is 0.476. The Bertz CT molecular complexity index is 995. The number of benzene rings is 2. The molecule has 0 heterocycles. The molecule has 0 saturated carbocycles. The van der Waals surface area contributed by atoms with Gasteiger partial charge < -0.3 is 24.4 Å². The van der Waals surface area contributed by atoms with E-state index in [0.29, 0.717) is 17.1 Å². The van der Waals surface area contributed by atoms with E-state index in [1.807, 2.05) is 32.0 Å². The van der Waals surface area contributed by atoms with Crippen LogP contribution in [0.1, 0.15) is 16.7 Å². The molecular formula is C24H28N2O6. The van der Waals surface area contributed by atoms with Crippen LogP contribution >= 0.6 is 0 Å². The fourth-order valence-corrected chi connectivity index (χ4v) is 2.90. The van der Waals surface area contributed by atoms with Gasteiger partial charge in [0, 0.05) is 30.4 Å². The SMILES string of the molecule is COc1ccc(/C=C/C(=O)OCC(=O)N(C)CC(=O)Nc2c(C)cccc2C)c(OC)c1. The molecule has 0 unspecified atom stereocenters. The lowest BCUT2D eigenvalue weighted by molar-refractivity contribution is -0.148. The zero-order valence-electron chi connectivity index (χ0n) is 18.9. The maximum absolute atomic E-state index is 12.3. The van der Waals surface area contributed by atoms with Crippen LogP contribution in [0.5, 0.6) is 11.5 Å². The first-order valence-electron chi connectivity index (χ1n) is 9.92. The number of hydrogen-bond acceptors (Lipinski definition) is 6. The first-order valence-corrected chi connectivity index (χ1v) is 9.92. The molecule has 0 aliphatic carbocycles. The van der Waals surface area contributed by atoms with Crippen LogP contribution in [0, 0.1) is 13.8 Å². The van der Waals surface area contributed by atoms with Crippen molar-refractivity contribution >= 4 is 29.5 Å². The van der Waals surface area contributed by atoms with Gasteiger partial charge in [-0.15, -0.1) is 0 Å². The summed E-state index contributed by atoms with van der Waals surface area (Å²) in [7, 11) is 4.52. The Morgan fingerprint density at radius 1 is 1.03 bits per heavy atom. The fraction of sp³-hybridized carbons (Fsp3) is 0.292. The van der Waals surface area contributed by atoms with Crippen molar-refractivity contribution in [1.82, 2.24) is 4.90 Å². The third-order valence-electron chi connectivity index (χ3n) is 4.73. The number of amides is 2. The topological polar surface area (TPSA) is 94.2 Å². The van der Waals surface area contributed by atoms with Gasteiger partial charge in [0.15, 0.2) is 6.61 Å². The number of nitrogens with zero attached hydrogens (tertiary/aromatic N) is 1. The summed E-state index contributed by atoms with van der Waals surface area (Å²) >= 11 is 0. The third-order valence-corrected chi connectivity index (χ3v) is 4.73. The smallest absolute Gasteiger partial charge is 0.331 e. The van der Waals surface area contributed by atoms with Crippen LogP contribution in [-0.2, 0) is 19.1 Å². The number of anilines is 1. The van der Waals surface area contributed by atoms with Crippen molar-refractivity contribution in [3.05, 3.63) is 59.2 Å². The minimum atomic E-state index is -0.690. The van der Waals surface area contributed by atoms with Crippen LogP contribution in [-0.4, -0.2) is 57.1 Å². The molecule has 8 heteroatoms. The Morgan fingerprint density at radius 3 is 2.34 bits per heavy atom. The highest BCUT2D eigenvalue weighted by molar-refractivity contribution is 5.96. The Morgan fingerprint density at radius 2 is 1.72 bits per heavy atom. The molecule has 0 radical (unpaired) electrons. The molecule has 170 valence electrons. The van der Waals surface area contributed by atoms with Gasteiger partial charge in [-0.2, -0.15) is 0 Å². The normalized spacial score (nSPS) is 10.5. The number of carbonyl (C=O) groups is 3. The molecule has 0 aliphatic rings. The highest BCUT2D eigenvalue weighted by Crippen LogP contribution is 2.25. The number of aryl methyl sites for hydroxylation is 2. The lowest BCUT2D eigenvalue weighted by Gasteiger charge is -2.18. The summed E-state index contributed by atoms with van der Waals surface area (Å²) in [5.74, 6) is -0.373. The molecule has 0 fully saturated rings. The van der Waals surface area contributed by atoms with Crippen LogP contribution < -0.4 is 14.8 Å². The number of ether oxygens (including phenoxy) is 3. The number of likely N-dealkylation sites (N-methyl/N-ethyl adjacent to an activating group) is 1. The van der Waals surface area contributed by atoms with Gasteiger partial charge in [0.05, 0.1) is 20.8 Å². The molecule has 2 aromatic carbocycles. The number of carbonyl (C=O) groups excluding carboxylic acids is 3.